The Morgan fingerprint density at radius 2 is 1.68 bits per heavy atom. The van der Waals surface area contributed by atoms with Crippen LogP contribution in [-0.4, -0.2) is 8.42 Å². The molecule has 0 aromatic heterocycles. The van der Waals surface area contributed by atoms with Crippen molar-refractivity contribution in [3.05, 3.63) is 77.2 Å². The summed E-state index contributed by atoms with van der Waals surface area (Å²) >= 11 is 0. The molecular formula is C16H16O2S. The van der Waals surface area contributed by atoms with Crippen LogP contribution in [0.1, 0.15) is 12.5 Å². The van der Waals surface area contributed by atoms with Gasteiger partial charge in [-0.3, -0.25) is 0 Å². The molecule has 0 N–H and O–H groups in total. The zero-order valence-electron chi connectivity index (χ0n) is 11.7. The summed E-state index contributed by atoms with van der Waals surface area (Å²) in [7, 11) is -3.70. The quantitative estimate of drug-likeness (QED) is 0.854. The highest BCUT2D eigenvalue weighted by molar-refractivity contribution is 7.94. The zero-order valence-corrected chi connectivity index (χ0v) is 11.5. The Morgan fingerprint density at radius 3 is 2.32 bits per heavy atom. The van der Waals surface area contributed by atoms with Gasteiger partial charge in [-0.1, -0.05) is 54.1 Å². The maximum absolute atomic E-state index is 12.2. The third kappa shape index (κ3) is 3.80. The van der Waals surface area contributed by atoms with Crippen LogP contribution in [0.15, 0.2) is 71.0 Å². The van der Waals surface area contributed by atoms with Gasteiger partial charge < -0.3 is 0 Å². The lowest BCUT2D eigenvalue weighted by atomic mass is 10.2. The van der Waals surface area contributed by atoms with Crippen LogP contribution in [0, 0.1) is 6.92 Å². The van der Waals surface area contributed by atoms with Gasteiger partial charge in [0.1, 0.15) is 0 Å². The zero-order chi connectivity index (χ0) is 14.6. The van der Waals surface area contributed by atoms with Gasteiger partial charge in [0.2, 0.25) is 0 Å². The Kier molecular flexibility index (Phi) is 3.75. The van der Waals surface area contributed by atoms with Crippen molar-refractivity contribution in [2.24, 2.45) is 0 Å². The van der Waals surface area contributed by atoms with Crippen molar-refractivity contribution in [3.8, 4) is 0 Å². The molecule has 0 aliphatic carbocycles. The van der Waals surface area contributed by atoms with Crippen LogP contribution in [0.4, 0.5) is 0 Å². The highest BCUT2D eigenvalue weighted by Crippen LogP contribution is 2.13. The van der Waals surface area contributed by atoms with Gasteiger partial charge >= 0.3 is 0 Å². The third-order valence-corrected chi connectivity index (χ3v) is 4.12. The first-order valence-electron chi connectivity index (χ1n) is 6.52. The maximum Gasteiger partial charge on any atom is 0.199 e. The molecule has 0 saturated carbocycles. The first-order valence-corrected chi connectivity index (χ1v) is 7.51. The molecule has 2 aromatic rings. The van der Waals surface area contributed by atoms with Gasteiger partial charge in [0, 0.05) is 5.38 Å². The lowest BCUT2D eigenvalue weighted by Gasteiger charge is -2.00. The van der Waals surface area contributed by atoms with E-state index in [-0.39, 0.29) is 10.3 Å². The van der Waals surface area contributed by atoms with Crippen LogP contribution in [0.3, 0.4) is 0 Å². The molecule has 0 heterocycles. The molecule has 0 unspecified atom stereocenters. The second-order valence-electron chi connectivity index (χ2n) is 4.33. The normalized spacial score (nSPS) is 13.1. The highest BCUT2D eigenvalue weighted by Gasteiger charge is 2.08. The Labute approximate surface area is 115 Å². The summed E-state index contributed by atoms with van der Waals surface area (Å²) in [6.45, 7) is 1.89. The van der Waals surface area contributed by atoms with E-state index in [9.17, 15) is 8.42 Å². The van der Waals surface area contributed by atoms with Gasteiger partial charge in [0.25, 0.3) is 0 Å². The fraction of sp³-hybridized carbons (Fsp3) is 0.125. The molecule has 0 amide bonds. The number of hydrogen-bond donors (Lipinski definition) is 0. The fourth-order valence-electron chi connectivity index (χ4n) is 1.67. The first kappa shape index (κ1) is 12.2. The number of rotatable bonds is 4. The summed E-state index contributed by atoms with van der Waals surface area (Å²) in [6, 6.07) is 16.0. The minimum atomic E-state index is -3.70. The van der Waals surface area contributed by atoms with Crippen molar-refractivity contribution in [2.45, 2.75) is 18.2 Å². The molecule has 0 saturated heterocycles. The van der Waals surface area contributed by atoms with Gasteiger partial charge in [-0.25, -0.2) is 8.42 Å². The molecule has 2 aromatic carbocycles. The summed E-state index contributed by atoms with van der Waals surface area (Å²) in [6.07, 6.45) is 1.87. The summed E-state index contributed by atoms with van der Waals surface area (Å²) in [4.78, 5) is 0.164. The Hall–Kier alpha value is -1.87. The van der Waals surface area contributed by atoms with E-state index in [1.807, 2.05) is 37.3 Å². The van der Waals surface area contributed by atoms with Gasteiger partial charge in [-0.2, -0.15) is 0 Å². The molecule has 98 valence electrons. The summed E-state index contributed by atoms with van der Waals surface area (Å²) in [5, 5.41) is -0.356. The van der Waals surface area contributed by atoms with Crippen LogP contribution in [-0.2, 0) is 16.3 Å². The van der Waals surface area contributed by atoms with E-state index in [0.717, 1.165) is 11.1 Å². The Morgan fingerprint density at radius 1 is 1.05 bits per heavy atom. The molecule has 0 aliphatic heterocycles. The van der Waals surface area contributed by atoms with Crippen molar-refractivity contribution in [3.63, 3.8) is 0 Å². The van der Waals surface area contributed by atoms with Crippen LogP contribution in [0.5, 0.6) is 0 Å². The fourth-order valence-corrected chi connectivity index (χ4v) is 2.60. The molecule has 19 heavy (non-hydrogen) atoms. The summed E-state index contributed by atoms with van der Waals surface area (Å²) < 4.78 is 32.2. The number of sulfone groups is 1. The highest BCUT2D eigenvalue weighted by atomic mass is 32.2. The molecule has 0 bridgehead atoms. The predicted molar refractivity (Wildman–Crippen MR) is 77.7 cm³/mol. The number of hydrogen-bond acceptors (Lipinski definition) is 2. The average molecular weight is 273 g/mol. The standard InChI is InChI=1S/C16H16O2S/c1-14-9-11-16(12-10-14)19(17,18)13-5-8-15-6-3-2-4-7-15/h2-7,9-13H,8H2,1H3/b13-5+/i13D. The van der Waals surface area contributed by atoms with Crippen molar-refractivity contribution in [2.75, 3.05) is 0 Å². The maximum atomic E-state index is 12.2. The lowest BCUT2D eigenvalue weighted by molar-refractivity contribution is 0.604. The van der Waals surface area contributed by atoms with Crippen LogP contribution in [0.25, 0.3) is 0 Å². The van der Waals surface area contributed by atoms with E-state index in [1.165, 1.54) is 18.2 Å². The first-order chi connectivity index (χ1) is 9.50. The number of benzene rings is 2. The Balaban J connectivity index is 2.23. The van der Waals surface area contributed by atoms with Gasteiger partial charge in [-0.05, 0) is 31.0 Å². The predicted octanol–water partition coefficient (Wildman–Crippen LogP) is 3.53. The van der Waals surface area contributed by atoms with E-state index >= 15 is 0 Å². The van der Waals surface area contributed by atoms with E-state index in [1.54, 1.807) is 12.1 Å². The molecule has 0 aliphatic rings. The van der Waals surface area contributed by atoms with Crippen LogP contribution in [0.2, 0.25) is 0 Å². The van der Waals surface area contributed by atoms with Gasteiger partial charge in [0.05, 0.1) is 6.27 Å². The van der Waals surface area contributed by atoms with Gasteiger partial charge in [-0.15, -0.1) is 0 Å². The molecule has 0 spiro atoms. The average Bonchev–Trinajstić information content (AvgIpc) is 2.46. The number of aryl methyl sites for hydroxylation is 1. The number of allylic oxidation sites excluding steroid dienone is 1. The summed E-state index contributed by atoms with van der Waals surface area (Å²) in [5.41, 5.74) is 1.97. The molecule has 0 fully saturated rings. The lowest BCUT2D eigenvalue weighted by Crippen LogP contribution is -1.96. The van der Waals surface area contributed by atoms with E-state index in [0.29, 0.717) is 6.42 Å². The van der Waals surface area contributed by atoms with Crippen LogP contribution < -0.4 is 0 Å². The minimum Gasteiger partial charge on any atom is -0.219 e. The van der Waals surface area contributed by atoms with Crippen molar-refractivity contribution in [1.29, 1.82) is 0 Å². The van der Waals surface area contributed by atoms with E-state index in [4.69, 9.17) is 1.37 Å². The molecular weight excluding hydrogens is 256 g/mol. The Bertz CT molecular complexity index is 702. The molecule has 2 rings (SSSR count). The van der Waals surface area contributed by atoms with Crippen molar-refractivity contribution < 1.29 is 9.79 Å². The SMILES string of the molecule is [2H]/C(=C\Cc1ccccc1)S(=O)(=O)c1ccc(C)cc1. The third-order valence-electron chi connectivity index (χ3n) is 2.75. The minimum absolute atomic E-state index is 0.164. The molecule has 0 atom stereocenters. The second kappa shape index (κ2) is 5.85. The summed E-state index contributed by atoms with van der Waals surface area (Å²) in [5.74, 6) is 0. The topological polar surface area (TPSA) is 34.1 Å². The molecule has 0 radical (unpaired) electrons. The van der Waals surface area contributed by atoms with Crippen LogP contribution >= 0.6 is 0 Å². The van der Waals surface area contributed by atoms with E-state index < -0.39 is 9.84 Å². The van der Waals surface area contributed by atoms with Crippen molar-refractivity contribution >= 4 is 9.84 Å². The largest absolute Gasteiger partial charge is 0.219 e. The monoisotopic (exact) mass is 273 g/mol. The van der Waals surface area contributed by atoms with Gasteiger partial charge in [0.15, 0.2) is 9.84 Å². The van der Waals surface area contributed by atoms with E-state index in [2.05, 4.69) is 0 Å². The molecule has 3 heteroatoms. The smallest absolute Gasteiger partial charge is 0.199 e. The van der Waals surface area contributed by atoms with Crippen molar-refractivity contribution in [1.82, 2.24) is 0 Å². The molecule has 2 nitrogen and oxygen atoms in total. The second-order valence-corrected chi connectivity index (χ2v) is 6.04.